The number of hydrogen-bond acceptors (Lipinski definition) is 5. The van der Waals surface area contributed by atoms with Gasteiger partial charge in [-0.2, -0.15) is 0 Å². The Labute approximate surface area is 109 Å². The number of phenols is 2. The number of benzene rings is 1. The lowest BCUT2D eigenvalue weighted by Gasteiger charge is -2.06. The number of nitrogens with zero attached hydrogens (tertiary/aromatic N) is 2. The van der Waals surface area contributed by atoms with Gasteiger partial charge in [-0.25, -0.2) is 9.97 Å². The molecule has 0 saturated heterocycles. The van der Waals surface area contributed by atoms with Crippen molar-refractivity contribution in [2.45, 2.75) is 12.8 Å². The van der Waals surface area contributed by atoms with E-state index in [0.717, 1.165) is 0 Å². The average Bonchev–Trinajstić information content (AvgIpc) is 2.35. The van der Waals surface area contributed by atoms with Crippen LogP contribution in [-0.2, 0) is 17.6 Å². The van der Waals surface area contributed by atoms with Gasteiger partial charge < -0.3 is 15.3 Å². The number of hydrogen-bond donors (Lipinski definition) is 3. The highest BCUT2D eigenvalue weighted by Crippen LogP contribution is 2.29. The molecule has 0 aliphatic rings. The minimum absolute atomic E-state index is 0.179. The Balaban J connectivity index is 2.23. The predicted molar refractivity (Wildman–Crippen MR) is 65.9 cm³/mol. The maximum Gasteiger partial charge on any atom is 0.309 e. The number of phenolic OH excluding ortho intramolecular Hbond substituents is 2. The van der Waals surface area contributed by atoms with Crippen molar-refractivity contribution >= 4 is 5.97 Å². The molecule has 0 aliphatic carbocycles. The molecule has 0 amide bonds. The molecule has 6 nitrogen and oxygen atoms in total. The molecule has 0 atom stereocenters. The molecular formula is C13H12N2O4. The van der Waals surface area contributed by atoms with Crippen molar-refractivity contribution in [3.05, 3.63) is 47.5 Å². The van der Waals surface area contributed by atoms with Crippen molar-refractivity contribution in [2.75, 3.05) is 0 Å². The zero-order valence-corrected chi connectivity index (χ0v) is 9.95. The van der Waals surface area contributed by atoms with Crippen molar-refractivity contribution in [3.8, 4) is 11.5 Å². The summed E-state index contributed by atoms with van der Waals surface area (Å²) in [4.78, 5) is 18.7. The van der Waals surface area contributed by atoms with Gasteiger partial charge in [-0.05, 0) is 12.1 Å². The molecule has 98 valence electrons. The van der Waals surface area contributed by atoms with E-state index in [1.165, 1.54) is 18.3 Å². The summed E-state index contributed by atoms with van der Waals surface area (Å²) in [5, 5.41) is 27.8. The third-order valence-corrected chi connectivity index (χ3v) is 2.54. The van der Waals surface area contributed by atoms with Crippen LogP contribution in [0.1, 0.15) is 17.1 Å². The minimum atomic E-state index is -0.968. The molecule has 0 fully saturated rings. The van der Waals surface area contributed by atoms with Crippen molar-refractivity contribution in [2.24, 2.45) is 0 Å². The summed E-state index contributed by atoms with van der Waals surface area (Å²) < 4.78 is 0. The molecule has 0 aliphatic heterocycles. The molecule has 1 aromatic carbocycles. The second-order valence-corrected chi connectivity index (χ2v) is 4.00. The summed E-state index contributed by atoms with van der Waals surface area (Å²) >= 11 is 0. The smallest absolute Gasteiger partial charge is 0.309 e. The summed E-state index contributed by atoms with van der Waals surface area (Å²) in [5.74, 6) is -1.00. The van der Waals surface area contributed by atoms with Crippen LogP contribution in [0, 0.1) is 0 Å². The fourth-order valence-corrected chi connectivity index (χ4v) is 1.67. The Hall–Kier alpha value is -2.63. The summed E-state index contributed by atoms with van der Waals surface area (Å²) in [6.07, 6.45) is 1.51. The Kier molecular flexibility index (Phi) is 3.61. The van der Waals surface area contributed by atoms with E-state index in [4.69, 9.17) is 5.11 Å². The Morgan fingerprint density at radius 3 is 2.74 bits per heavy atom. The molecule has 0 spiro atoms. The van der Waals surface area contributed by atoms with Crippen LogP contribution >= 0.6 is 0 Å². The SMILES string of the molecule is O=C(O)Cc1ccnc(Cc2cccc(O)c2O)n1. The molecule has 6 heteroatoms. The molecule has 2 rings (SSSR count). The van der Waals surface area contributed by atoms with E-state index in [9.17, 15) is 15.0 Å². The number of carbonyl (C=O) groups is 1. The number of carboxylic acids is 1. The van der Waals surface area contributed by atoms with Crippen LogP contribution in [0.3, 0.4) is 0 Å². The lowest BCUT2D eigenvalue weighted by molar-refractivity contribution is -0.136. The van der Waals surface area contributed by atoms with Crippen molar-refractivity contribution < 1.29 is 20.1 Å². The zero-order valence-electron chi connectivity index (χ0n) is 9.95. The van der Waals surface area contributed by atoms with Crippen LogP contribution < -0.4 is 0 Å². The number of aliphatic carboxylic acids is 1. The third-order valence-electron chi connectivity index (χ3n) is 2.54. The fraction of sp³-hybridized carbons (Fsp3) is 0.154. The van der Waals surface area contributed by atoms with Gasteiger partial charge in [0.25, 0.3) is 0 Å². The highest BCUT2D eigenvalue weighted by Gasteiger charge is 2.09. The van der Waals surface area contributed by atoms with Crippen LogP contribution in [-0.4, -0.2) is 31.3 Å². The van der Waals surface area contributed by atoms with Crippen molar-refractivity contribution in [1.82, 2.24) is 9.97 Å². The van der Waals surface area contributed by atoms with Gasteiger partial charge in [0.05, 0.1) is 12.1 Å². The van der Waals surface area contributed by atoms with Gasteiger partial charge in [0.2, 0.25) is 0 Å². The van der Waals surface area contributed by atoms with Crippen LogP contribution in [0.5, 0.6) is 11.5 Å². The maximum atomic E-state index is 10.6. The topological polar surface area (TPSA) is 104 Å². The molecule has 2 aromatic rings. The quantitative estimate of drug-likeness (QED) is 0.711. The zero-order chi connectivity index (χ0) is 13.8. The molecule has 19 heavy (non-hydrogen) atoms. The number of rotatable bonds is 4. The second-order valence-electron chi connectivity index (χ2n) is 4.00. The Morgan fingerprint density at radius 2 is 2.00 bits per heavy atom. The summed E-state index contributed by atoms with van der Waals surface area (Å²) in [6.45, 7) is 0. The number of para-hydroxylation sites is 1. The molecule has 0 unspecified atom stereocenters. The molecule has 1 heterocycles. The summed E-state index contributed by atoms with van der Waals surface area (Å²) in [5.41, 5.74) is 0.879. The van der Waals surface area contributed by atoms with Gasteiger partial charge in [-0.1, -0.05) is 12.1 Å². The van der Waals surface area contributed by atoms with Gasteiger partial charge in [0.15, 0.2) is 11.5 Å². The van der Waals surface area contributed by atoms with E-state index >= 15 is 0 Å². The minimum Gasteiger partial charge on any atom is -0.504 e. The summed E-state index contributed by atoms with van der Waals surface area (Å²) in [7, 11) is 0. The van der Waals surface area contributed by atoms with Gasteiger partial charge >= 0.3 is 5.97 Å². The van der Waals surface area contributed by atoms with Gasteiger partial charge in [0, 0.05) is 18.2 Å². The first kappa shape index (κ1) is 12.8. The first-order valence-electron chi connectivity index (χ1n) is 5.58. The van der Waals surface area contributed by atoms with E-state index in [1.54, 1.807) is 12.1 Å². The molecule has 0 saturated carbocycles. The van der Waals surface area contributed by atoms with Crippen molar-refractivity contribution in [3.63, 3.8) is 0 Å². The highest BCUT2D eigenvalue weighted by atomic mass is 16.4. The number of carboxylic acid groups (broad SMARTS) is 1. The first-order chi connectivity index (χ1) is 9.06. The Bertz CT molecular complexity index is 613. The van der Waals surface area contributed by atoms with Gasteiger partial charge in [0.1, 0.15) is 5.82 Å². The van der Waals surface area contributed by atoms with Crippen LogP contribution in [0.4, 0.5) is 0 Å². The largest absolute Gasteiger partial charge is 0.504 e. The van der Waals surface area contributed by atoms with E-state index in [0.29, 0.717) is 17.1 Å². The predicted octanol–water partition coefficient (Wildman–Crippen LogP) is 1.11. The van der Waals surface area contributed by atoms with E-state index < -0.39 is 5.97 Å². The molecule has 0 radical (unpaired) electrons. The Morgan fingerprint density at radius 1 is 1.21 bits per heavy atom. The maximum absolute atomic E-state index is 10.6. The average molecular weight is 260 g/mol. The molecule has 1 aromatic heterocycles. The molecular weight excluding hydrogens is 248 g/mol. The summed E-state index contributed by atoms with van der Waals surface area (Å²) in [6, 6.07) is 6.15. The monoisotopic (exact) mass is 260 g/mol. The van der Waals surface area contributed by atoms with E-state index in [1.807, 2.05) is 0 Å². The van der Waals surface area contributed by atoms with Gasteiger partial charge in [-0.15, -0.1) is 0 Å². The number of aromatic hydroxyl groups is 2. The van der Waals surface area contributed by atoms with Gasteiger partial charge in [-0.3, -0.25) is 4.79 Å². The standard InChI is InChI=1S/C13H12N2O4/c16-10-3-1-2-8(13(10)19)6-11-14-5-4-9(15-11)7-12(17)18/h1-5,16,19H,6-7H2,(H,17,18). The van der Waals surface area contributed by atoms with E-state index in [2.05, 4.69) is 9.97 Å². The van der Waals surface area contributed by atoms with Crippen LogP contribution in [0.25, 0.3) is 0 Å². The van der Waals surface area contributed by atoms with Crippen molar-refractivity contribution in [1.29, 1.82) is 0 Å². The van der Waals surface area contributed by atoms with E-state index in [-0.39, 0.29) is 24.3 Å². The molecule has 0 bridgehead atoms. The van der Waals surface area contributed by atoms with Crippen LogP contribution in [0.2, 0.25) is 0 Å². The lowest BCUT2D eigenvalue weighted by atomic mass is 10.1. The lowest BCUT2D eigenvalue weighted by Crippen LogP contribution is -2.05. The fourth-order valence-electron chi connectivity index (χ4n) is 1.67. The number of aromatic nitrogens is 2. The normalized spacial score (nSPS) is 10.3. The second kappa shape index (κ2) is 5.34. The highest BCUT2D eigenvalue weighted by molar-refractivity contribution is 5.69. The first-order valence-corrected chi connectivity index (χ1v) is 5.58. The van der Waals surface area contributed by atoms with Crippen LogP contribution in [0.15, 0.2) is 30.5 Å². The third kappa shape index (κ3) is 3.19. The molecule has 3 N–H and O–H groups in total.